The van der Waals surface area contributed by atoms with Crippen LogP contribution in [0.25, 0.3) is 11.1 Å². The van der Waals surface area contributed by atoms with Crippen LogP contribution >= 0.6 is 0 Å². The number of hydrogen-bond acceptors (Lipinski definition) is 2. The van der Waals surface area contributed by atoms with Gasteiger partial charge >= 0.3 is 0 Å². The molecule has 0 fully saturated rings. The Morgan fingerprint density at radius 2 is 1.80 bits per heavy atom. The van der Waals surface area contributed by atoms with E-state index in [0.717, 1.165) is 49.3 Å². The molecule has 3 aliphatic rings. The lowest BCUT2D eigenvalue weighted by Gasteiger charge is -2.28. The molecular formula is C37H36BNO. The van der Waals surface area contributed by atoms with E-state index >= 15 is 0 Å². The van der Waals surface area contributed by atoms with Gasteiger partial charge in [-0.1, -0.05) is 79.1 Å². The summed E-state index contributed by atoms with van der Waals surface area (Å²) in [6.45, 7) is 6.78. The number of fused-ring (bicyclic) bond motifs is 2. The molecule has 2 aliphatic carbocycles. The van der Waals surface area contributed by atoms with Crippen LogP contribution in [0.4, 0.5) is 0 Å². The molecule has 0 amide bonds. The van der Waals surface area contributed by atoms with E-state index in [1.165, 1.54) is 49.9 Å². The Labute approximate surface area is 239 Å². The van der Waals surface area contributed by atoms with E-state index in [-0.39, 0.29) is 6.71 Å². The van der Waals surface area contributed by atoms with Gasteiger partial charge in [0.15, 0.2) is 0 Å². The first-order valence-electron chi connectivity index (χ1n) is 14.6. The summed E-state index contributed by atoms with van der Waals surface area (Å²) in [5.74, 6) is 1.94. The first-order valence-corrected chi connectivity index (χ1v) is 14.6. The molecular weight excluding hydrogens is 485 g/mol. The molecule has 0 N–H and O–H groups in total. The van der Waals surface area contributed by atoms with Crippen molar-refractivity contribution in [3.05, 3.63) is 143 Å². The molecule has 2 aromatic carbocycles. The van der Waals surface area contributed by atoms with Crippen LogP contribution in [0.15, 0.2) is 120 Å². The molecule has 0 atom stereocenters. The molecule has 3 aromatic rings. The van der Waals surface area contributed by atoms with E-state index in [0.29, 0.717) is 0 Å². The van der Waals surface area contributed by atoms with E-state index in [1.54, 1.807) is 0 Å². The SMILES string of the molecule is C/C=C\C(=C/C)C1=CC(Oc2cccc3c2B(C)c2ccc(C4=CC=C(c5ccccn5)CC4)cc2C3)=CCC1. The van der Waals surface area contributed by atoms with E-state index in [1.807, 2.05) is 12.3 Å². The third-order valence-corrected chi connectivity index (χ3v) is 8.43. The zero-order valence-corrected chi connectivity index (χ0v) is 23.8. The average molecular weight is 522 g/mol. The maximum atomic E-state index is 6.62. The number of aromatic nitrogens is 1. The Balaban J connectivity index is 1.25. The van der Waals surface area contributed by atoms with E-state index in [2.05, 4.69) is 117 Å². The van der Waals surface area contributed by atoms with Crippen LogP contribution in [0.1, 0.15) is 61.9 Å². The molecule has 40 heavy (non-hydrogen) atoms. The fourth-order valence-corrected chi connectivity index (χ4v) is 6.38. The second kappa shape index (κ2) is 11.6. The Hall–Kier alpha value is -4.11. The molecule has 0 saturated heterocycles. The molecule has 2 nitrogen and oxygen atoms in total. The number of allylic oxidation sites excluding steroid dienone is 11. The van der Waals surface area contributed by atoms with Gasteiger partial charge in [0, 0.05) is 6.20 Å². The first kappa shape index (κ1) is 26.1. The summed E-state index contributed by atoms with van der Waals surface area (Å²) in [5.41, 5.74) is 13.3. The van der Waals surface area contributed by atoms with Gasteiger partial charge < -0.3 is 4.74 Å². The van der Waals surface area contributed by atoms with Crippen LogP contribution < -0.4 is 15.7 Å². The number of nitrogens with zero attached hydrogens (tertiary/aromatic N) is 1. The predicted molar refractivity (Wildman–Crippen MR) is 171 cm³/mol. The molecule has 198 valence electrons. The molecule has 3 heteroatoms. The minimum Gasteiger partial charge on any atom is -0.458 e. The van der Waals surface area contributed by atoms with Gasteiger partial charge in [0.25, 0.3) is 0 Å². The van der Waals surface area contributed by atoms with Crippen LogP contribution in [0.5, 0.6) is 5.75 Å². The fourth-order valence-electron chi connectivity index (χ4n) is 6.38. The lowest BCUT2D eigenvalue weighted by molar-refractivity contribution is 0.441. The molecule has 6 rings (SSSR count). The standard InChI is InChI=1S/C37H36BNO/c1-4-10-26(5-2)29-11-8-13-33(25-29)40-36-15-9-12-31-24-32-23-30(20-21-34(32)38(3)37(31)36)27-16-18-28(19-17-27)35-14-6-7-22-39-35/h4-7,9-10,12-16,18,20-23,25H,8,11,17,19,24H2,1-3H3/b10-4-,26-5+. The van der Waals surface area contributed by atoms with Crippen molar-refractivity contribution in [2.45, 2.75) is 52.8 Å². The Morgan fingerprint density at radius 3 is 2.58 bits per heavy atom. The van der Waals surface area contributed by atoms with Gasteiger partial charge in [0.2, 0.25) is 6.71 Å². The summed E-state index contributed by atoms with van der Waals surface area (Å²) in [6.07, 6.45) is 22.4. The minimum atomic E-state index is 0.279. The highest BCUT2D eigenvalue weighted by atomic mass is 16.5. The van der Waals surface area contributed by atoms with Crippen LogP contribution in [-0.2, 0) is 6.42 Å². The quantitative estimate of drug-likeness (QED) is 0.242. The van der Waals surface area contributed by atoms with Gasteiger partial charge in [-0.2, -0.15) is 0 Å². The second-order valence-corrected chi connectivity index (χ2v) is 10.9. The van der Waals surface area contributed by atoms with Gasteiger partial charge in [0.1, 0.15) is 11.5 Å². The Kier molecular flexibility index (Phi) is 7.55. The highest BCUT2D eigenvalue weighted by Gasteiger charge is 2.29. The van der Waals surface area contributed by atoms with Gasteiger partial charge in [-0.3, -0.25) is 4.98 Å². The van der Waals surface area contributed by atoms with Crippen molar-refractivity contribution in [3.63, 3.8) is 0 Å². The molecule has 0 bridgehead atoms. The molecule has 0 unspecified atom stereocenters. The Bertz CT molecular complexity index is 1620. The molecule has 0 spiro atoms. The summed E-state index contributed by atoms with van der Waals surface area (Å²) in [4.78, 5) is 4.53. The van der Waals surface area contributed by atoms with Crippen molar-refractivity contribution in [2.75, 3.05) is 0 Å². The van der Waals surface area contributed by atoms with Gasteiger partial charge in [0.05, 0.1) is 5.69 Å². The van der Waals surface area contributed by atoms with Crippen molar-refractivity contribution in [2.24, 2.45) is 0 Å². The number of ether oxygens (including phenoxy) is 1. The molecule has 0 saturated carbocycles. The van der Waals surface area contributed by atoms with E-state index in [4.69, 9.17) is 4.74 Å². The van der Waals surface area contributed by atoms with E-state index in [9.17, 15) is 0 Å². The third-order valence-electron chi connectivity index (χ3n) is 8.43. The zero-order chi connectivity index (χ0) is 27.5. The van der Waals surface area contributed by atoms with Crippen LogP contribution in [0.3, 0.4) is 0 Å². The topological polar surface area (TPSA) is 22.1 Å². The lowest BCUT2D eigenvalue weighted by atomic mass is 9.38. The van der Waals surface area contributed by atoms with Gasteiger partial charge in [-0.05, 0) is 121 Å². The zero-order valence-electron chi connectivity index (χ0n) is 23.8. The molecule has 1 aliphatic heterocycles. The summed E-state index contributed by atoms with van der Waals surface area (Å²) < 4.78 is 6.62. The third kappa shape index (κ3) is 5.21. The van der Waals surface area contributed by atoms with Crippen LogP contribution in [0.2, 0.25) is 6.82 Å². The lowest BCUT2D eigenvalue weighted by Crippen LogP contribution is -2.47. The molecule has 2 heterocycles. The minimum absolute atomic E-state index is 0.279. The largest absolute Gasteiger partial charge is 0.458 e. The fraction of sp³-hybridized carbons (Fsp3) is 0.216. The summed E-state index contributed by atoms with van der Waals surface area (Å²) in [6, 6.07) is 19.8. The van der Waals surface area contributed by atoms with Crippen LogP contribution in [0, 0.1) is 0 Å². The number of rotatable bonds is 6. The van der Waals surface area contributed by atoms with Gasteiger partial charge in [-0.15, -0.1) is 0 Å². The summed E-state index contributed by atoms with van der Waals surface area (Å²) in [7, 11) is 0. The van der Waals surface area contributed by atoms with Crippen molar-refractivity contribution in [1.29, 1.82) is 0 Å². The first-order chi connectivity index (χ1) is 19.6. The highest BCUT2D eigenvalue weighted by molar-refractivity contribution is 6.86. The smallest absolute Gasteiger partial charge is 0.211 e. The number of pyridine rings is 1. The van der Waals surface area contributed by atoms with Crippen molar-refractivity contribution in [1.82, 2.24) is 4.98 Å². The number of hydrogen-bond donors (Lipinski definition) is 0. The van der Waals surface area contributed by atoms with Crippen molar-refractivity contribution in [3.8, 4) is 5.75 Å². The van der Waals surface area contributed by atoms with Crippen LogP contribution in [-0.4, -0.2) is 11.7 Å². The van der Waals surface area contributed by atoms with Gasteiger partial charge in [-0.25, -0.2) is 0 Å². The molecule has 0 radical (unpaired) electrons. The highest BCUT2D eigenvalue weighted by Crippen LogP contribution is 2.32. The monoisotopic (exact) mass is 521 g/mol. The molecule has 1 aromatic heterocycles. The van der Waals surface area contributed by atoms with E-state index < -0.39 is 0 Å². The number of benzene rings is 2. The predicted octanol–water partition coefficient (Wildman–Crippen LogP) is 7.99. The maximum Gasteiger partial charge on any atom is 0.211 e. The maximum absolute atomic E-state index is 6.62. The summed E-state index contributed by atoms with van der Waals surface area (Å²) >= 11 is 0. The average Bonchev–Trinajstić information content (AvgIpc) is 3.00. The summed E-state index contributed by atoms with van der Waals surface area (Å²) in [5, 5.41) is 0. The second-order valence-electron chi connectivity index (χ2n) is 10.9. The van der Waals surface area contributed by atoms with Crippen molar-refractivity contribution < 1.29 is 4.74 Å². The normalized spacial score (nSPS) is 17.0. The van der Waals surface area contributed by atoms with Crippen molar-refractivity contribution >= 4 is 28.8 Å². The Morgan fingerprint density at radius 1 is 0.925 bits per heavy atom.